The van der Waals surface area contributed by atoms with Crippen LogP contribution < -0.4 is 5.32 Å². The standard InChI is InChI=1S/C18H26ClNOS/c19-16-8-6-7-15(13-16)14-22-12-11-18(21)20-17-9-4-2-1-3-5-10-17/h6-8,13,17H,1-5,9-12,14H2,(H,20,21). The fourth-order valence-electron chi connectivity index (χ4n) is 2.88. The van der Waals surface area contributed by atoms with Crippen LogP contribution in [0.1, 0.15) is 56.9 Å². The molecule has 1 aromatic carbocycles. The molecule has 1 fully saturated rings. The van der Waals surface area contributed by atoms with Gasteiger partial charge in [-0.2, -0.15) is 11.8 Å². The van der Waals surface area contributed by atoms with E-state index in [1.807, 2.05) is 18.2 Å². The number of hydrogen-bond donors (Lipinski definition) is 1. The summed E-state index contributed by atoms with van der Waals surface area (Å²) in [6.07, 6.45) is 9.44. The molecule has 122 valence electrons. The first kappa shape index (κ1) is 17.7. The van der Waals surface area contributed by atoms with Gasteiger partial charge in [-0.3, -0.25) is 4.79 Å². The smallest absolute Gasteiger partial charge is 0.221 e. The van der Waals surface area contributed by atoms with Crippen molar-refractivity contribution in [3.8, 4) is 0 Å². The van der Waals surface area contributed by atoms with Crippen molar-refractivity contribution in [2.24, 2.45) is 0 Å². The van der Waals surface area contributed by atoms with Gasteiger partial charge in [0.15, 0.2) is 0 Å². The minimum atomic E-state index is 0.212. The van der Waals surface area contributed by atoms with Gasteiger partial charge in [-0.1, -0.05) is 55.8 Å². The second kappa shape index (κ2) is 10.2. The van der Waals surface area contributed by atoms with Gasteiger partial charge in [0.25, 0.3) is 0 Å². The van der Waals surface area contributed by atoms with Crippen LogP contribution in [-0.4, -0.2) is 17.7 Å². The molecule has 0 aromatic heterocycles. The molecule has 0 bridgehead atoms. The maximum atomic E-state index is 12.0. The number of nitrogens with one attached hydrogen (secondary N) is 1. The monoisotopic (exact) mass is 339 g/mol. The first-order valence-electron chi connectivity index (χ1n) is 8.35. The third-order valence-corrected chi connectivity index (χ3v) is 5.37. The van der Waals surface area contributed by atoms with E-state index in [1.54, 1.807) is 11.8 Å². The van der Waals surface area contributed by atoms with Gasteiger partial charge in [-0.15, -0.1) is 0 Å². The lowest BCUT2D eigenvalue weighted by molar-refractivity contribution is -0.121. The summed E-state index contributed by atoms with van der Waals surface area (Å²) in [6.45, 7) is 0. The van der Waals surface area contributed by atoms with Crippen molar-refractivity contribution >= 4 is 29.3 Å². The van der Waals surface area contributed by atoms with Crippen LogP contribution >= 0.6 is 23.4 Å². The molecule has 4 heteroatoms. The van der Waals surface area contributed by atoms with Crippen LogP contribution in [0.4, 0.5) is 0 Å². The Bertz CT molecular complexity index is 458. The van der Waals surface area contributed by atoms with E-state index in [0.717, 1.165) is 29.4 Å². The topological polar surface area (TPSA) is 29.1 Å². The van der Waals surface area contributed by atoms with E-state index >= 15 is 0 Å². The average molecular weight is 340 g/mol. The molecule has 0 heterocycles. The molecule has 0 radical (unpaired) electrons. The van der Waals surface area contributed by atoms with Crippen molar-refractivity contribution in [2.45, 2.75) is 63.2 Å². The van der Waals surface area contributed by atoms with Crippen LogP contribution in [-0.2, 0) is 10.5 Å². The molecular weight excluding hydrogens is 314 g/mol. The minimum Gasteiger partial charge on any atom is -0.353 e. The molecular formula is C18H26ClNOS. The Balaban J connectivity index is 1.60. The summed E-state index contributed by atoms with van der Waals surface area (Å²) >= 11 is 7.76. The molecule has 0 saturated heterocycles. The molecule has 0 atom stereocenters. The predicted octanol–water partition coefficient (Wildman–Crippen LogP) is 5.19. The molecule has 0 aliphatic heterocycles. The van der Waals surface area contributed by atoms with Gasteiger partial charge >= 0.3 is 0 Å². The summed E-state index contributed by atoms with van der Waals surface area (Å²) < 4.78 is 0. The van der Waals surface area contributed by atoms with Crippen molar-refractivity contribution in [1.29, 1.82) is 0 Å². The van der Waals surface area contributed by atoms with E-state index in [2.05, 4.69) is 11.4 Å². The van der Waals surface area contributed by atoms with E-state index in [-0.39, 0.29) is 5.91 Å². The van der Waals surface area contributed by atoms with Gasteiger partial charge in [-0.25, -0.2) is 0 Å². The molecule has 1 aromatic rings. The highest BCUT2D eigenvalue weighted by Gasteiger charge is 2.13. The van der Waals surface area contributed by atoms with Gasteiger partial charge in [-0.05, 0) is 30.5 Å². The number of thioether (sulfide) groups is 1. The van der Waals surface area contributed by atoms with Gasteiger partial charge < -0.3 is 5.32 Å². The van der Waals surface area contributed by atoms with Gasteiger partial charge in [0.05, 0.1) is 0 Å². The van der Waals surface area contributed by atoms with Crippen LogP contribution in [0.5, 0.6) is 0 Å². The zero-order valence-corrected chi connectivity index (χ0v) is 14.7. The van der Waals surface area contributed by atoms with E-state index in [4.69, 9.17) is 11.6 Å². The molecule has 1 aliphatic carbocycles. The number of hydrogen-bond acceptors (Lipinski definition) is 2. The largest absolute Gasteiger partial charge is 0.353 e. The predicted molar refractivity (Wildman–Crippen MR) is 96.5 cm³/mol. The first-order chi connectivity index (χ1) is 10.7. The van der Waals surface area contributed by atoms with Crippen LogP contribution in [0.15, 0.2) is 24.3 Å². The quantitative estimate of drug-likeness (QED) is 0.722. The summed E-state index contributed by atoms with van der Waals surface area (Å²) in [4.78, 5) is 12.0. The fourth-order valence-corrected chi connectivity index (χ4v) is 3.98. The summed E-state index contributed by atoms with van der Waals surface area (Å²) in [5, 5.41) is 4.00. The average Bonchev–Trinajstić information content (AvgIpc) is 2.46. The van der Waals surface area contributed by atoms with E-state index in [9.17, 15) is 4.79 Å². The molecule has 2 nitrogen and oxygen atoms in total. The van der Waals surface area contributed by atoms with Crippen molar-refractivity contribution in [3.63, 3.8) is 0 Å². The normalized spacial score (nSPS) is 16.8. The molecule has 1 N–H and O–H groups in total. The van der Waals surface area contributed by atoms with E-state index < -0.39 is 0 Å². The number of halogens is 1. The third-order valence-electron chi connectivity index (χ3n) is 4.10. The molecule has 1 aliphatic rings. The van der Waals surface area contributed by atoms with Crippen LogP contribution in [0.2, 0.25) is 5.02 Å². The Labute approximate surface area is 143 Å². The lowest BCUT2D eigenvalue weighted by atomic mass is 9.97. The van der Waals surface area contributed by atoms with Gasteiger partial charge in [0.1, 0.15) is 0 Å². The summed E-state index contributed by atoms with van der Waals surface area (Å²) in [5.74, 6) is 1.99. The molecule has 2 rings (SSSR count). The molecule has 0 spiro atoms. The van der Waals surface area contributed by atoms with Crippen molar-refractivity contribution in [2.75, 3.05) is 5.75 Å². The Morgan fingerprint density at radius 2 is 1.91 bits per heavy atom. The summed E-state index contributed by atoms with van der Waals surface area (Å²) in [5.41, 5.74) is 1.22. The first-order valence-corrected chi connectivity index (χ1v) is 9.89. The highest BCUT2D eigenvalue weighted by molar-refractivity contribution is 7.98. The lowest BCUT2D eigenvalue weighted by Gasteiger charge is -2.21. The van der Waals surface area contributed by atoms with Crippen LogP contribution in [0.25, 0.3) is 0 Å². The van der Waals surface area contributed by atoms with Crippen LogP contribution in [0.3, 0.4) is 0 Å². The van der Waals surface area contributed by atoms with Crippen LogP contribution in [0, 0.1) is 0 Å². The number of amides is 1. The highest BCUT2D eigenvalue weighted by atomic mass is 35.5. The second-order valence-corrected chi connectivity index (χ2v) is 7.58. The minimum absolute atomic E-state index is 0.212. The summed E-state index contributed by atoms with van der Waals surface area (Å²) in [6, 6.07) is 8.33. The molecule has 1 saturated carbocycles. The third kappa shape index (κ3) is 7.06. The van der Waals surface area contributed by atoms with Gasteiger partial charge in [0, 0.05) is 29.0 Å². The fraction of sp³-hybridized carbons (Fsp3) is 0.611. The maximum absolute atomic E-state index is 12.0. The zero-order valence-electron chi connectivity index (χ0n) is 13.2. The Morgan fingerprint density at radius 1 is 1.18 bits per heavy atom. The maximum Gasteiger partial charge on any atom is 0.221 e. The SMILES string of the molecule is O=C(CCSCc1cccc(Cl)c1)NC1CCCCCCC1. The number of carbonyl (C=O) groups excluding carboxylic acids is 1. The molecule has 0 unspecified atom stereocenters. The van der Waals surface area contributed by atoms with E-state index in [0.29, 0.717) is 12.5 Å². The lowest BCUT2D eigenvalue weighted by Crippen LogP contribution is -2.35. The number of benzene rings is 1. The molecule has 1 amide bonds. The Morgan fingerprint density at radius 3 is 2.64 bits per heavy atom. The van der Waals surface area contributed by atoms with Crippen molar-refractivity contribution in [1.82, 2.24) is 5.32 Å². The number of carbonyl (C=O) groups is 1. The molecule has 22 heavy (non-hydrogen) atoms. The Hall–Kier alpha value is -0.670. The van der Waals surface area contributed by atoms with Gasteiger partial charge in [0.2, 0.25) is 5.91 Å². The Kier molecular flexibility index (Phi) is 8.17. The summed E-state index contributed by atoms with van der Waals surface area (Å²) in [7, 11) is 0. The second-order valence-electron chi connectivity index (χ2n) is 6.04. The van der Waals surface area contributed by atoms with Crippen molar-refractivity contribution in [3.05, 3.63) is 34.9 Å². The van der Waals surface area contributed by atoms with Crippen molar-refractivity contribution < 1.29 is 4.79 Å². The highest BCUT2D eigenvalue weighted by Crippen LogP contribution is 2.18. The van der Waals surface area contributed by atoms with E-state index in [1.165, 1.54) is 37.7 Å². The zero-order chi connectivity index (χ0) is 15.6. The number of rotatable bonds is 6.